The Morgan fingerprint density at radius 2 is 2.04 bits per heavy atom. The van der Waals surface area contributed by atoms with Gasteiger partial charge in [0.25, 0.3) is 10.0 Å². The molecule has 0 aliphatic carbocycles. The fourth-order valence-corrected chi connectivity index (χ4v) is 5.37. The predicted molar refractivity (Wildman–Crippen MR) is 109 cm³/mol. The van der Waals surface area contributed by atoms with Crippen LogP contribution >= 0.6 is 11.8 Å². The highest BCUT2D eigenvalue weighted by atomic mass is 32.2. The molecular formula is C19H18N4O2S2. The number of nitrogens with one attached hydrogen (secondary N) is 1. The van der Waals surface area contributed by atoms with E-state index in [9.17, 15) is 8.42 Å². The molecule has 1 aromatic carbocycles. The van der Waals surface area contributed by atoms with Crippen molar-refractivity contribution in [1.82, 2.24) is 14.7 Å². The van der Waals surface area contributed by atoms with Gasteiger partial charge >= 0.3 is 0 Å². The number of aliphatic imine (C=N–C) groups is 1. The van der Waals surface area contributed by atoms with Crippen molar-refractivity contribution < 1.29 is 8.42 Å². The highest BCUT2D eigenvalue weighted by molar-refractivity contribution is 8.05. The monoisotopic (exact) mass is 398 g/mol. The van der Waals surface area contributed by atoms with Gasteiger partial charge in [-0.2, -0.15) is 0 Å². The fraction of sp³-hybridized carbons (Fsp3) is 0.211. The van der Waals surface area contributed by atoms with Crippen LogP contribution in [0.5, 0.6) is 0 Å². The molecule has 0 fully saturated rings. The molecule has 0 saturated heterocycles. The minimum Gasteiger partial charge on any atom is -0.265 e. The number of benzene rings is 1. The van der Waals surface area contributed by atoms with Crippen LogP contribution in [0.15, 0.2) is 58.5 Å². The summed E-state index contributed by atoms with van der Waals surface area (Å²) >= 11 is 1.61. The molecule has 8 heteroatoms. The molecule has 0 atom stereocenters. The lowest BCUT2D eigenvalue weighted by atomic mass is 10.2. The van der Waals surface area contributed by atoms with E-state index in [0.29, 0.717) is 30.1 Å². The molecule has 3 heterocycles. The summed E-state index contributed by atoms with van der Waals surface area (Å²) in [7, 11) is -3.64. The summed E-state index contributed by atoms with van der Waals surface area (Å²) < 4.78 is 27.8. The number of nitrogens with zero attached hydrogens (tertiary/aromatic N) is 3. The van der Waals surface area contributed by atoms with Gasteiger partial charge in [-0.25, -0.2) is 13.1 Å². The third-order valence-corrected chi connectivity index (χ3v) is 6.70. The molecule has 0 bridgehead atoms. The molecule has 2 aromatic heterocycles. The van der Waals surface area contributed by atoms with Crippen LogP contribution in [0.1, 0.15) is 17.0 Å². The van der Waals surface area contributed by atoms with Gasteiger partial charge in [-0.3, -0.25) is 15.0 Å². The third kappa shape index (κ3) is 3.73. The molecule has 27 heavy (non-hydrogen) atoms. The third-order valence-electron chi connectivity index (χ3n) is 4.21. The van der Waals surface area contributed by atoms with Crippen molar-refractivity contribution in [3.8, 4) is 0 Å². The molecule has 1 aliphatic rings. The minimum absolute atomic E-state index is 0.0841. The van der Waals surface area contributed by atoms with Crippen molar-refractivity contribution in [2.75, 3.05) is 12.3 Å². The zero-order valence-electron chi connectivity index (χ0n) is 14.7. The number of rotatable bonds is 5. The van der Waals surface area contributed by atoms with Crippen molar-refractivity contribution in [2.45, 2.75) is 18.4 Å². The first-order valence-corrected chi connectivity index (χ1v) is 11.0. The van der Waals surface area contributed by atoms with Crippen LogP contribution in [0.4, 0.5) is 0 Å². The largest absolute Gasteiger partial charge is 0.265 e. The fourth-order valence-electron chi connectivity index (χ4n) is 3.01. The number of pyridine rings is 2. The summed E-state index contributed by atoms with van der Waals surface area (Å²) in [5.74, 6) is 0.611. The number of aryl methyl sites for hydroxylation is 1. The SMILES string of the molecule is Cc1cc(SCCNS(=O)(=O)C2=NCc3ncccc32)c2ccccc2n1. The number of aromatic nitrogens is 2. The van der Waals surface area contributed by atoms with Gasteiger partial charge in [0.05, 0.1) is 17.8 Å². The maximum absolute atomic E-state index is 12.6. The molecule has 0 amide bonds. The molecular weight excluding hydrogens is 380 g/mol. The summed E-state index contributed by atoms with van der Waals surface area (Å²) in [6.07, 6.45) is 1.65. The van der Waals surface area contributed by atoms with E-state index >= 15 is 0 Å². The Balaban J connectivity index is 1.43. The van der Waals surface area contributed by atoms with Crippen LogP contribution in [0.3, 0.4) is 0 Å². The van der Waals surface area contributed by atoms with Crippen molar-refractivity contribution >= 4 is 37.7 Å². The van der Waals surface area contributed by atoms with Gasteiger partial charge in [0.15, 0.2) is 5.04 Å². The number of para-hydroxylation sites is 1. The van der Waals surface area contributed by atoms with Gasteiger partial charge in [0, 0.05) is 40.0 Å². The summed E-state index contributed by atoms with van der Waals surface area (Å²) in [6, 6.07) is 13.5. The predicted octanol–water partition coefficient (Wildman–Crippen LogP) is 2.91. The van der Waals surface area contributed by atoms with Gasteiger partial charge in [0.1, 0.15) is 0 Å². The molecule has 6 nitrogen and oxygen atoms in total. The number of hydrogen-bond donors (Lipinski definition) is 1. The van der Waals surface area contributed by atoms with Crippen LogP contribution in [-0.2, 0) is 16.6 Å². The van der Waals surface area contributed by atoms with Crippen LogP contribution < -0.4 is 4.72 Å². The van der Waals surface area contributed by atoms with E-state index < -0.39 is 10.0 Å². The normalized spacial score (nSPS) is 13.6. The van der Waals surface area contributed by atoms with Crippen molar-refractivity contribution in [2.24, 2.45) is 4.99 Å². The molecule has 1 N–H and O–H groups in total. The molecule has 138 valence electrons. The van der Waals surface area contributed by atoms with E-state index in [-0.39, 0.29) is 5.04 Å². The maximum Gasteiger partial charge on any atom is 0.258 e. The van der Waals surface area contributed by atoms with Crippen molar-refractivity contribution in [3.05, 3.63) is 65.6 Å². The van der Waals surface area contributed by atoms with Crippen LogP contribution in [0.25, 0.3) is 10.9 Å². The van der Waals surface area contributed by atoms with E-state index in [1.807, 2.05) is 37.3 Å². The zero-order chi connectivity index (χ0) is 18.9. The summed E-state index contributed by atoms with van der Waals surface area (Å²) in [5, 5.41) is 1.16. The Morgan fingerprint density at radius 3 is 2.93 bits per heavy atom. The minimum atomic E-state index is -3.64. The molecule has 0 saturated carbocycles. The highest BCUT2D eigenvalue weighted by Crippen LogP contribution is 2.27. The molecule has 3 aromatic rings. The van der Waals surface area contributed by atoms with Gasteiger partial charge in [0.2, 0.25) is 0 Å². The van der Waals surface area contributed by atoms with Gasteiger partial charge in [-0.1, -0.05) is 18.2 Å². The number of hydrogen-bond acceptors (Lipinski definition) is 6. The quantitative estimate of drug-likeness (QED) is 0.528. The summed E-state index contributed by atoms with van der Waals surface area (Å²) in [4.78, 5) is 14.0. The Bertz CT molecular complexity index is 1140. The van der Waals surface area contributed by atoms with E-state index in [0.717, 1.165) is 21.5 Å². The number of thioether (sulfide) groups is 1. The van der Waals surface area contributed by atoms with Gasteiger partial charge in [-0.15, -0.1) is 11.8 Å². The Kier molecular flexibility index (Phi) is 4.94. The number of fused-ring (bicyclic) bond motifs is 2. The van der Waals surface area contributed by atoms with Crippen LogP contribution in [0.2, 0.25) is 0 Å². The zero-order valence-corrected chi connectivity index (χ0v) is 16.3. The Hall–Kier alpha value is -2.29. The highest BCUT2D eigenvalue weighted by Gasteiger charge is 2.27. The Morgan fingerprint density at radius 1 is 1.19 bits per heavy atom. The lowest BCUT2D eigenvalue weighted by molar-refractivity contribution is 0.596. The standard InChI is InChI=1S/C19H18N4O2S2/c1-13-11-18(14-5-2-3-7-16(14)23-13)26-10-9-22-27(24,25)19-15-6-4-8-20-17(15)12-21-19/h2-8,11,22H,9-10,12H2,1H3. The lowest BCUT2D eigenvalue weighted by Crippen LogP contribution is -2.32. The van der Waals surface area contributed by atoms with E-state index in [1.54, 1.807) is 30.1 Å². The first-order valence-electron chi connectivity index (χ1n) is 8.52. The lowest BCUT2D eigenvalue weighted by Gasteiger charge is -2.09. The smallest absolute Gasteiger partial charge is 0.258 e. The molecule has 0 spiro atoms. The molecule has 0 unspecified atom stereocenters. The van der Waals surface area contributed by atoms with Gasteiger partial charge in [-0.05, 0) is 31.2 Å². The van der Waals surface area contributed by atoms with Crippen LogP contribution in [-0.4, -0.2) is 35.7 Å². The maximum atomic E-state index is 12.6. The average Bonchev–Trinajstić information content (AvgIpc) is 3.10. The van der Waals surface area contributed by atoms with E-state index in [2.05, 4.69) is 19.7 Å². The average molecular weight is 399 g/mol. The molecule has 0 radical (unpaired) electrons. The topological polar surface area (TPSA) is 84.3 Å². The summed E-state index contributed by atoms with van der Waals surface area (Å²) in [5.41, 5.74) is 3.19. The second-order valence-corrected chi connectivity index (χ2v) is 8.96. The Labute approximate surface area is 162 Å². The molecule has 4 rings (SSSR count). The number of sulfonamides is 1. The first-order chi connectivity index (χ1) is 13.0. The van der Waals surface area contributed by atoms with E-state index in [1.165, 1.54) is 0 Å². The first kappa shape index (κ1) is 18.1. The van der Waals surface area contributed by atoms with Crippen LogP contribution in [0, 0.1) is 6.92 Å². The summed E-state index contributed by atoms with van der Waals surface area (Å²) in [6.45, 7) is 2.59. The van der Waals surface area contributed by atoms with Crippen molar-refractivity contribution in [1.29, 1.82) is 0 Å². The molecule has 1 aliphatic heterocycles. The van der Waals surface area contributed by atoms with Gasteiger partial charge < -0.3 is 0 Å². The second-order valence-electron chi connectivity index (χ2n) is 6.14. The second kappa shape index (κ2) is 7.38. The van der Waals surface area contributed by atoms with Crippen molar-refractivity contribution in [3.63, 3.8) is 0 Å². The van der Waals surface area contributed by atoms with E-state index in [4.69, 9.17) is 0 Å².